The average Bonchev–Trinajstić information content (AvgIpc) is 2.43. The lowest BCUT2D eigenvalue weighted by molar-refractivity contribution is 0.0463. The number of para-hydroxylation sites is 1. The smallest absolute Gasteiger partial charge is 0.341 e. The summed E-state index contributed by atoms with van der Waals surface area (Å²) in [5, 5.41) is 0. The van der Waals surface area contributed by atoms with Crippen molar-refractivity contribution in [3.63, 3.8) is 0 Å². The van der Waals surface area contributed by atoms with Crippen molar-refractivity contribution >= 4 is 5.97 Å². The summed E-state index contributed by atoms with van der Waals surface area (Å²) >= 11 is 0. The van der Waals surface area contributed by atoms with Crippen LogP contribution in [0.25, 0.3) is 0 Å². The number of rotatable bonds is 7. The molecule has 0 saturated carbocycles. The van der Waals surface area contributed by atoms with Crippen LogP contribution in [0.5, 0.6) is 5.75 Å². The lowest BCUT2D eigenvalue weighted by atomic mass is 10.2. The normalized spacial score (nSPS) is 10.4. The molecule has 1 aromatic rings. The number of hydrogen-bond donors (Lipinski definition) is 0. The van der Waals surface area contributed by atoms with Gasteiger partial charge in [0.25, 0.3) is 0 Å². The van der Waals surface area contributed by atoms with E-state index in [1.807, 2.05) is 6.07 Å². The molecule has 100 valence electrons. The molecule has 0 radical (unpaired) electrons. The monoisotopic (exact) mass is 251 g/mol. The van der Waals surface area contributed by atoms with Gasteiger partial charge in [0.1, 0.15) is 17.9 Å². The van der Waals surface area contributed by atoms with Crippen LogP contribution in [-0.4, -0.2) is 44.2 Å². The third kappa shape index (κ3) is 4.04. The minimum atomic E-state index is -0.334. The fourth-order valence-electron chi connectivity index (χ4n) is 1.70. The first-order chi connectivity index (χ1) is 8.72. The Balaban J connectivity index is 2.50. The van der Waals surface area contributed by atoms with Crippen LogP contribution in [0, 0.1) is 0 Å². The van der Waals surface area contributed by atoms with Crippen molar-refractivity contribution in [1.29, 1.82) is 0 Å². The molecule has 0 fully saturated rings. The first kappa shape index (κ1) is 14.5. The summed E-state index contributed by atoms with van der Waals surface area (Å²) in [5.41, 5.74) is 0.472. The van der Waals surface area contributed by atoms with E-state index < -0.39 is 0 Å². The molecule has 0 aromatic heterocycles. The van der Waals surface area contributed by atoms with Crippen molar-refractivity contribution in [3.8, 4) is 5.75 Å². The van der Waals surface area contributed by atoms with E-state index in [0.29, 0.717) is 17.9 Å². The van der Waals surface area contributed by atoms with Gasteiger partial charge in [-0.2, -0.15) is 0 Å². The largest absolute Gasteiger partial charge is 0.496 e. The van der Waals surface area contributed by atoms with Crippen molar-refractivity contribution in [1.82, 2.24) is 4.90 Å². The zero-order chi connectivity index (χ0) is 13.4. The number of carbonyl (C=O) groups excluding carboxylic acids is 1. The summed E-state index contributed by atoms with van der Waals surface area (Å²) in [6.45, 7) is 7.26. The molecule has 0 aliphatic rings. The predicted molar refractivity (Wildman–Crippen MR) is 71.1 cm³/mol. The Bertz CT molecular complexity index is 375. The summed E-state index contributed by atoms with van der Waals surface area (Å²) in [6.07, 6.45) is 0. The van der Waals surface area contributed by atoms with E-state index in [1.54, 1.807) is 25.3 Å². The standard InChI is InChI=1S/C14H21NO3/c1-4-15(5-2)10-11-18-14(16)12-8-6-7-9-13(12)17-3/h6-9H,4-5,10-11H2,1-3H3. The highest BCUT2D eigenvalue weighted by Gasteiger charge is 2.12. The van der Waals surface area contributed by atoms with Gasteiger partial charge >= 0.3 is 5.97 Å². The van der Waals surface area contributed by atoms with E-state index in [9.17, 15) is 4.79 Å². The van der Waals surface area contributed by atoms with Crippen molar-refractivity contribution < 1.29 is 14.3 Å². The molecule has 0 atom stereocenters. The molecule has 1 aromatic carbocycles. The van der Waals surface area contributed by atoms with Gasteiger partial charge in [-0.05, 0) is 25.2 Å². The second kappa shape index (κ2) is 7.71. The molecule has 0 N–H and O–H groups in total. The number of benzene rings is 1. The van der Waals surface area contributed by atoms with Gasteiger partial charge in [-0.1, -0.05) is 26.0 Å². The molecule has 0 aliphatic heterocycles. The zero-order valence-electron chi connectivity index (χ0n) is 11.3. The first-order valence-electron chi connectivity index (χ1n) is 6.25. The van der Waals surface area contributed by atoms with Crippen LogP contribution in [0.1, 0.15) is 24.2 Å². The minimum absolute atomic E-state index is 0.334. The summed E-state index contributed by atoms with van der Waals surface area (Å²) in [4.78, 5) is 14.1. The van der Waals surface area contributed by atoms with E-state index in [0.717, 1.165) is 19.6 Å². The van der Waals surface area contributed by atoms with Gasteiger partial charge in [0, 0.05) is 6.54 Å². The maximum Gasteiger partial charge on any atom is 0.341 e. The van der Waals surface area contributed by atoms with Gasteiger partial charge in [-0.15, -0.1) is 0 Å². The van der Waals surface area contributed by atoms with Gasteiger partial charge in [-0.25, -0.2) is 4.79 Å². The number of ether oxygens (including phenoxy) is 2. The van der Waals surface area contributed by atoms with Crippen LogP contribution < -0.4 is 4.74 Å². The number of hydrogen-bond acceptors (Lipinski definition) is 4. The average molecular weight is 251 g/mol. The van der Waals surface area contributed by atoms with Gasteiger partial charge in [0.2, 0.25) is 0 Å². The molecular weight excluding hydrogens is 230 g/mol. The van der Waals surface area contributed by atoms with Gasteiger partial charge < -0.3 is 14.4 Å². The molecule has 1 rings (SSSR count). The van der Waals surface area contributed by atoms with Crippen LogP contribution in [0.2, 0.25) is 0 Å². The number of esters is 1. The number of likely N-dealkylation sites (N-methyl/N-ethyl adjacent to an activating group) is 1. The Labute approximate surface area is 108 Å². The molecule has 0 amide bonds. The molecular formula is C14H21NO3. The highest BCUT2D eigenvalue weighted by atomic mass is 16.5. The first-order valence-corrected chi connectivity index (χ1v) is 6.25. The van der Waals surface area contributed by atoms with Crippen molar-refractivity contribution in [3.05, 3.63) is 29.8 Å². The molecule has 0 unspecified atom stereocenters. The topological polar surface area (TPSA) is 38.8 Å². The SMILES string of the molecule is CCN(CC)CCOC(=O)c1ccccc1OC. The molecule has 18 heavy (non-hydrogen) atoms. The second-order valence-electron chi connectivity index (χ2n) is 3.86. The Hall–Kier alpha value is -1.55. The molecule has 0 bridgehead atoms. The molecule has 0 aliphatic carbocycles. The van der Waals surface area contributed by atoms with Crippen molar-refractivity contribution in [2.24, 2.45) is 0 Å². The fraction of sp³-hybridized carbons (Fsp3) is 0.500. The third-order valence-electron chi connectivity index (χ3n) is 2.86. The summed E-state index contributed by atoms with van der Waals surface area (Å²) in [7, 11) is 1.54. The van der Waals surface area contributed by atoms with Crippen LogP contribution in [-0.2, 0) is 4.74 Å². The lowest BCUT2D eigenvalue weighted by Gasteiger charge is -2.17. The molecule has 0 saturated heterocycles. The Kier molecular flexibility index (Phi) is 6.22. The van der Waals surface area contributed by atoms with Crippen LogP contribution in [0.3, 0.4) is 0 Å². The summed E-state index contributed by atoms with van der Waals surface area (Å²) < 4.78 is 10.4. The molecule has 4 heteroatoms. The highest BCUT2D eigenvalue weighted by molar-refractivity contribution is 5.92. The fourth-order valence-corrected chi connectivity index (χ4v) is 1.70. The van der Waals surface area contributed by atoms with Crippen molar-refractivity contribution in [2.75, 3.05) is 33.4 Å². The minimum Gasteiger partial charge on any atom is -0.496 e. The zero-order valence-corrected chi connectivity index (χ0v) is 11.3. The van der Waals surface area contributed by atoms with Gasteiger partial charge in [0.15, 0.2) is 0 Å². The lowest BCUT2D eigenvalue weighted by Crippen LogP contribution is -2.27. The van der Waals surface area contributed by atoms with Crippen LogP contribution >= 0.6 is 0 Å². The van der Waals surface area contributed by atoms with Crippen LogP contribution in [0.4, 0.5) is 0 Å². The van der Waals surface area contributed by atoms with E-state index in [4.69, 9.17) is 9.47 Å². The number of carbonyl (C=O) groups is 1. The second-order valence-corrected chi connectivity index (χ2v) is 3.86. The van der Waals surface area contributed by atoms with E-state index in [2.05, 4.69) is 18.7 Å². The number of nitrogens with zero attached hydrogens (tertiary/aromatic N) is 1. The Morgan fingerprint density at radius 3 is 2.50 bits per heavy atom. The third-order valence-corrected chi connectivity index (χ3v) is 2.86. The maximum absolute atomic E-state index is 11.9. The van der Waals surface area contributed by atoms with E-state index in [-0.39, 0.29) is 5.97 Å². The van der Waals surface area contributed by atoms with Gasteiger partial charge in [-0.3, -0.25) is 0 Å². The molecule has 0 spiro atoms. The molecule has 0 heterocycles. The van der Waals surface area contributed by atoms with Crippen LogP contribution in [0.15, 0.2) is 24.3 Å². The molecule has 4 nitrogen and oxygen atoms in total. The maximum atomic E-state index is 11.9. The van der Waals surface area contributed by atoms with Gasteiger partial charge in [0.05, 0.1) is 7.11 Å². The van der Waals surface area contributed by atoms with E-state index in [1.165, 1.54) is 0 Å². The Morgan fingerprint density at radius 2 is 1.89 bits per heavy atom. The summed E-state index contributed by atoms with van der Waals surface area (Å²) in [5.74, 6) is 0.213. The van der Waals surface area contributed by atoms with E-state index >= 15 is 0 Å². The highest BCUT2D eigenvalue weighted by Crippen LogP contribution is 2.17. The quantitative estimate of drug-likeness (QED) is 0.696. The Morgan fingerprint density at radius 1 is 1.22 bits per heavy atom. The summed E-state index contributed by atoms with van der Waals surface area (Å²) in [6, 6.07) is 7.08. The number of methoxy groups -OCH3 is 1. The van der Waals surface area contributed by atoms with Crippen molar-refractivity contribution in [2.45, 2.75) is 13.8 Å². The predicted octanol–water partition coefficient (Wildman–Crippen LogP) is 2.19.